The van der Waals surface area contributed by atoms with Gasteiger partial charge >= 0.3 is 12.1 Å². The molecule has 2 aromatic heterocycles. The van der Waals surface area contributed by atoms with Crippen LogP contribution in [0.15, 0.2) is 28.7 Å². The molecule has 2 N–H and O–H groups in total. The number of nitrogens with one attached hydrogen (secondary N) is 2. The predicted molar refractivity (Wildman–Crippen MR) is 155 cm³/mol. The molecule has 1 saturated carbocycles. The molecule has 0 unspecified atom stereocenters. The van der Waals surface area contributed by atoms with Crippen molar-refractivity contribution in [1.29, 1.82) is 0 Å². The first-order valence-corrected chi connectivity index (χ1v) is 14.4. The lowest BCUT2D eigenvalue weighted by atomic mass is 10.1. The summed E-state index contributed by atoms with van der Waals surface area (Å²) in [4.78, 5) is 60.9. The number of likely N-dealkylation sites (tertiary alicyclic amines) is 1. The molecule has 2 aliphatic rings. The summed E-state index contributed by atoms with van der Waals surface area (Å²) in [6.45, 7) is 3.27. The fourth-order valence-electron chi connectivity index (χ4n) is 5.39. The van der Waals surface area contributed by atoms with E-state index in [1.54, 1.807) is 13.8 Å². The van der Waals surface area contributed by atoms with Crippen molar-refractivity contribution in [2.75, 3.05) is 20.3 Å². The molecule has 1 saturated heterocycles. The number of benzene rings is 1. The maximum absolute atomic E-state index is 14.1. The predicted octanol–water partition coefficient (Wildman–Crippen LogP) is 2.99. The highest BCUT2D eigenvalue weighted by Crippen LogP contribution is 2.38. The van der Waals surface area contributed by atoms with Gasteiger partial charge in [-0.15, -0.1) is 0 Å². The largest absolute Gasteiger partial charge is 0.494 e. The number of carbonyl (C=O) groups excluding carboxylic acids is 4. The topological polar surface area (TPSA) is 153 Å². The first kappa shape index (κ1) is 31.8. The molecule has 1 aromatic carbocycles. The van der Waals surface area contributed by atoms with Gasteiger partial charge in [-0.05, 0) is 51.0 Å². The van der Waals surface area contributed by atoms with E-state index in [2.05, 4.69) is 20.6 Å². The van der Waals surface area contributed by atoms with E-state index in [1.165, 1.54) is 38.1 Å². The number of pyridine rings is 1. The normalized spacial score (nSPS) is 18.8. The molecule has 3 aromatic rings. The monoisotopic (exact) mass is 629 g/mol. The molecule has 0 bridgehead atoms. The van der Waals surface area contributed by atoms with Crippen LogP contribution in [0, 0.1) is 5.92 Å². The van der Waals surface area contributed by atoms with Gasteiger partial charge in [0.15, 0.2) is 17.3 Å². The third kappa shape index (κ3) is 6.59. The van der Waals surface area contributed by atoms with Gasteiger partial charge in [0.25, 0.3) is 5.91 Å². The van der Waals surface area contributed by atoms with Gasteiger partial charge in [-0.25, -0.2) is 14.8 Å². The maximum Gasteiger partial charge on any atom is 0.433 e. The first-order valence-electron chi connectivity index (χ1n) is 14.4. The van der Waals surface area contributed by atoms with Gasteiger partial charge in [-0.1, -0.05) is 0 Å². The summed E-state index contributed by atoms with van der Waals surface area (Å²) in [5.74, 6) is -2.12. The number of oxazole rings is 1. The molecule has 1 aliphatic carbocycles. The zero-order valence-electron chi connectivity index (χ0n) is 25.0. The minimum absolute atomic E-state index is 0.00741. The molecule has 0 radical (unpaired) electrons. The van der Waals surface area contributed by atoms with E-state index in [9.17, 15) is 32.3 Å². The van der Waals surface area contributed by atoms with E-state index in [0.29, 0.717) is 0 Å². The molecule has 16 heteroatoms. The Morgan fingerprint density at radius 2 is 1.89 bits per heavy atom. The highest BCUT2D eigenvalue weighted by atomic mass is 19.4. The zero-order chi connectivity index (χ0) is 32.6. The molecular weight excluding hydrogens is 598 g/mol. The van der Waals surface area contributed by atoms with Gasteiger partial charge in [-0.3, -0.25) is 14.4 Å². The van der Waals surface area contributed by atoms with Crippen LogP contribution in [-0.4, -0.2) is 78.6 Å². The highest BCUT2D eigenvalue weighted by molar-refractivity contribution is 6.57. The van der Waals surface area contributed by atoms with E-state index in [0.717, 1.165) is 18.9 Å². The van der Waals surface area contributed by atoms with Gasteiger partial charge in [0.05, 0.1) is 19.8 Å². The Morgan fingerprint density at radius 1 is 1.16 bits per heavy atom. The number of nitrogens with zero attached hydrogens (tertiary/aromatic N) is 3. The molecule has 238 valence electrons. The maximum atomic E-state index is 14.1. The number of amides is 3. The fraction of sp³-hybridized carbons (Fsp3) is 0.448. The minimum Gasteiger partial charge on any atom is -0.494 e. The number of rotatable bonds is 9. The highest BCUT2D eigenvalue weighted by Gasteiger charge is 2.44. The number of halogens is 3. The summed E-state index contributed by atoms with van der Waals surface area (Å²) in [5.41, 5.74) is -1.25. The molecule has 12 nitrogen and oxygen atoms in total. The third-order valence-electron chi connectivity index (χ3n) is 7.65. The van der Waals surface area contributed by atoms with Crippen LogP contribution in [-0.2, 0) is 20.5 Å². The molecular formula is C29H31BF3N5O7. The second kappa shape index (κ2) is 12.4. The summed E-state index contributed by atoms with van der Waals surface area (Å²) in [7, 11) is 2.57. The van der Waals surface area contributed by atoms with E-state index in [4.69, 9.17) is 13.9 Å². The van der Waals surface area contributed by atoms with Gasteiger partial charge in [0.2, 0.25) is 19.6 Å². The Labute approximate surface area is 256 Å². The number of fused-ring (bicyclic) bond motifs is 1. The Balaban J connectivity index is 1.58. The average Bonchev–Trinajstić information content (AvgIpc) is 3.61. The van der Waals surface area contributed by atoms with Crippen molar-refractivity contribution >= 4 is 42.3 Å². The van der Waals surface area contributed by atoms with E-state index in [-0.39, 0.29) is 71.0 Å². The molecule has 5 rings (SSSR count). The quantitative estimate of drug-likeness (QED) is 0.269. The number of alkyl halides is 3. The van der Waals surface area contributed by atoms with E-state index in [1.807, 2.05) is 0 Å². The molecule has 3 amide bonds. The molecule has 3 atom stereocenters. The van der Waals surface area contributed by atoms with Crippen LogP contribution in [0.3, 0.4) is 0 Å². The van der Waals surface area contributed by atoms with E-state index >= 15 is 0 Å². The first-order chi connectivity index (χ1) is 21.3. The number of aromatic nitrogens is 2. The van der Waals surface area contributed by atoms with Gasteiger partial charge in [-0.2, -0.15) is 13.2 Å². The van der Waals surface area contributed by atoms with Crippen LogP contribution >= 0.6 is 0 Å². The lowest BCUT2D eigenvalue weighted by Gasteiger charge is -2.23. The Morgan fingerprint density at radius 3 is 2.51 bits per heavy atom. The van der Waals surface area contributed by atoms with E-state index < -0.39 is 47.7 Å². The number of esters is 1. The van der Waals surface area contributed by atoms with Crippen molar-refractivity contribution in [3.05, 3.63) is 41.4 Å². The van der Waals surface area contributed by atoms with Crippen molar-refractivity contribution < 1.29 is 46.2 Å². The number of carbonyl (C=O) groups is 4. The van der Waals surface area contributed by atoms with Crippen molar-refractivity contribution in [3.8, 4) is 17.2 Å². The number of hydrogen-bond donors (Lipinski definition) is 2. The number of hydrogen-bond acceptors (Lipinski definition) is 9. The van der Waals surface area contributed by atoms with Crippen molar-refractivity contribution in [2.45, 2.75) is 57.4 Å². The summed E-state index contributed by atoms with van der Waals surface area (Å²) in [6.07, 6.45) is -3.02. The summed E-state index contributed by atoms with van der Waals surface area (Å²) < 4.78 is 56.9. The van der Waals surface area contributed by atoms with Gasteiger partial charge in [0, 0.05) is 35.9 Å². The summed E-state index contributed by atoms with van der Waals surface area (Å²) in [5, 5.41) is 5.76. The zero-order valence-corrected chi connectivity index (χ0v) is 25.0. The fourth-order valence-corrected chi connectivity index (χ4v) is 5.39. The van der Waals surface area contributed by atoms with Gasteiger partial charge in [0.1, 0.15) is 23.0 Å². The third-order valence-corrected chi connectivity index (χ3v) is 7.65. The van der Waals surface area contributed by atoms with Crippen LogP contribution in [0.5, 0.6) is 5.75 Å². The minimum atomic E-state index is -4.71. The molecule has 1 aliphatic heterocycles. The SMILES string of the molecule is BC(=O)N[C@@H](C)c1oc(-c2ccc(OC)c3nc(C(F)(F)F)ccc23)nc1C(=O)N1C[C@H](NC(=O)C2CC2)C[C@H]1C(=O)OCC. The van der Waals surface area contributed by atoms with Crippen LogP contribution < -0.4 is 15.4 Å². The van der Waals surface area contributed by atoms with Crippen LogP contribution in [0.1, 0.15) is 61.1 Å². The summed E-state index contributed by atoms with van der Waals surface area (Å²) in [6, 6.07) is 2.51. The Hall–Kier alpha value is -4.63. The van der Waals surface area contributed by atoms with Crippen molar-refractivity contribution in [3.63, 3.8) is 0 Å². The van der Waals surface area contributed by atoms with Crippen LogP contribution in [0.25, 0.3) is 22.4 Å². The van der Waals surface area contributed by atoms with Crippen LogP contribution in [0.4, 0.5) is 18.0 Å². The molecule has 0 spiro atoms. The number of methoxy groups -OCH3 is 1. The van der Waals surface area contributed by atoms with Crippen LogP contribution in [0.2, 0.25) is 0 Å². The Kier molecular flexibility index (Phi) is 8.76. The lowest BCUT2D eigenvalue weighted by molar-refractivity contribution is -0.147. The second-order valence-electron chi connectivity index (χ2n) is 11.0. The standard InChI is InChI=1S/C29H31BF3N5O7/c1-4-44-27(41)18-11-15(35-24(39)14-5-6-14)12-38(18)26(40)22-23(13(2)34-28(30)42)45-25(37-22)17-7-9-19(43-3)21-16(17)8-10-20(36-21)29(31,32)33/h7-10,13-15,18H,4-6,11-12,30H2,1-3H3,(H,34,42)(H,35,39)/t13-,15+,18-/m0/s1. The smallest absolute Gasteiger partial charge is 0.433 e. The average molecular weight is 629 g/mol. The molecule has 2 fully saturated rings. The Bertz CT molecular complexity index is 1660. The summed E-state index contributed by atoms with van der Waals surface area (Å²) >= 11 is 0. The number of ether oxygens (including phenoxy) is 2. The molecule has 45 heavy (non-hydrogen) atoms. The van der Waals surface area contributed by atoms with Gasteiger partial charge < -0.3 is 29.4 Å². The second-order valence-corrected chi connectivity index (χ2v) is 11.0. The molecule has 3 heterocycles. The van der Waals surface area contributed by atoms with Crippen molar-refractivity contribution in [2.24, 2.45) is 5.92 Å². The van der Waals surface area contributed by atoms with Crippen molar-refractivity contribution in [1.82, 2.24) is 25.5 Å². The lowest BCUT2D eigenvalue weighted by Crippen LogP contribution is -2.43.